The SMILES string of the molecule is CNS(=O)(=O)c1c[c-]cc(C)c1.[Rb+]. The van der Waals surface area contributed by atoms with E-state index in [-0.39, 0.29) is 63.1 Å². The van der Waals surface area contributed by atoms with Crippen molar-refractivity contribution in [3.05, 3.63) is 29.8 Å². The number of aryl methyl sites for hydroxylation is 1. The van der Waals surface area contributed by atoms with E-state index in [2.05, 4.69) is 10.8 Å². The van der Waals surface area contributed by atoms with Gasteiger partial charge in [-0.15, -0.1) is 0 Å². The molecule has 0 radical (unpaired) electrons. The van der Waals surface area contributed by atoms with Crippen LogP contribution >= 0.6 is 0 Å². The summed E-state index contributed by atoms with van der Waals surface area (Å²) in [6, 6.07) is 7.52. The molecule has 1 rings (SSSR count). The van der Waals surface area contributed by atoms with E-state index in [1.54, 1.807) is 12.1 Å². The summed E-state index contributed by atoms with van der Waals surface area (Å²) >= 11 is 0. The van der Waals surface area contributed by atoms with Crippen molar-refractivity contribution in [2.75, 3.05) is 7.05 Å². The van der Waals surface area contributed by atoms with E-state index in [0.29, 0.717) is 0 Å². The average molecular weight is 270 g/mol. The van der Waals surface area contributed by atoms with Crippen LogP contribution in [0.5, 0.6) is 0 Å². The van der Waals surface area contributed by atoms with Crippen molar-refractivity contribution in [2.24, 2.45) is 0 Å². The minimum atomic E-state index is -3.30. The van der Waals surface area contributed by atoms with Gasteiger partial charge in [0.15, 0.2) is 10.0 Å². The minimum absolute atomic E-state index is 0. The van der Waals surface area contributed by atoms with Crippen LogP contribution in [0.25, 0.3) is 0 Å². The fourth-order valence-electron chi connectivity index (χ4n) is 0.836. The molecule has 1 aromatic rings. The van der Waals surface area contributed by atoms with Crippen molar-refractivity contribution in [1.29, 1.82) is 0 Å². The minimum Gasteiger partial charge on any atom is -0.224 e. The molecule has 0 aliphatic carbocycles. The Morgan fingerprint density at radius 1 is 1.38 bits per heavy atom. The molecule has 3 nitrogen and oxygen atoms in total. The summed E-state index contributed by atoms with van der Waals surface area (Å²) in [5, 5.41) is 0. The van der Waals surface area contributed by atoms with Gasteiger partial charge >= 0.3 is 58.2 Å². The molecule has 0 saturated heterocycles. The zero-order chi connectivity index (χ0) is 9.19. The van der Waals surface area contributed by atoms with Crippen molar-refractivity contribution in [2.45, 2.75) is 11.8 Å². The summed E-state index contributed by atoms with van der Waals surface area (Å²) in [5.74, 6) is 0. The van der Waals surface area contributed by atoms with Crippen LogP contribution in [0.3, 0.4) is 0 Å². The Morgan fingerprint density at radius 3 is 2.46 bits per heavy atom. The van der Waals surface area contributed by atoms with E-state index >= 15 is 0 Å². The molecule has 0 aromatic heterocycles. The number of hydrogen-bond donors (Lipinski definition) is 1. The van der Waals surface area contributed by atoms with E-state index < -0.39 is 10.0 Å². The third kappa shape index (κ3) is 3.89. The molecule has 0 bridgehead atoms. The topological polar surface area (TPSA) is 46.2 Å². The Hall–Kier alpha value is 0.935. The van der Waals surface area contributed by atoms with Gasteiger partial charge < -0.3 is 0 Å². The summed E-state index contributed by atoms with van der Waals surface area (Å²) in [6.45, 7) is 1.82. The van der Waals surface area contributed by atoms with Crippen molar-refractivity contribution < 1.29 is 66.6 Å². The van der Waals surface area contributed by atoms with Crippen LogP contribution in [-0.4, -0.2) is 15.5 Å². The van der Waals surface area contributed by atoms with Crippen LogP contribution in [0, 0.1) is 13.0 Å². The first kappa shape index (κ1) is 13.9. The molecule has 0 amide bonds. The smallest absolute Gasteiger partial charge is 0.224 e. The van der Waals surface area contributed by atoms with Gasteiger partial charge in [-0.3, -0.25) is 0 Å². The zero-order valence-electron chi connectivity index (χ0n) is 7.96. The summed E-state index contributed by atoms with van der Waals surface area (Å²) in [7, 11) is -1.92. The van der Waals surface area contributed by atoms with E-state index in [1.807, 2.05) is 6.92 Å². The quantitative estimate of drug-likeness (QED) is 0.615. The molecule has 1 aromatic carbocycles. The largest absolute Gasteiger partial charge is 1.00 e. The molecule has 0 unspecified atom stereocenters. The van der Waals surface area contributed by atoms with Gasteiger partial charge in [0.2, 0.25) is 0 Å². The number of sulfonamides is 1. The van der Waals surface area contributed by atoms with Crippen molar-refractivity contribution >= 4 is 10.0 Å². The molecule has 0 spiro atoms. The molecule has 0 aliphatic heterocycles. The second-order valence-electron chi connectivity index (χ2n) is 2.45. The molecule has 0 aliphatic rings. The normalized spacial score (nSPS) is 10.6. The second-order valence-corrected chi connectivity index (χ2v) is 4.34. The second kappa shape index (κ2) is 5.73. The predicted molar refractivity (Wildman–Crippen MR) is 46.3 cm³/mol. The zero-order valence-corrected chi connectivity index (χ0v) is 13.7. The molecule has 0 atom stereocenters. The molecule has 66 valence electrons. The van der Waals surface area contributed by atoms with E-state index in [4.69, 9.17) is 0 Å². The average Bonchev–Trinajstić information content (AvgIpc) is 2.05. The van der Waals surface area contributed by atoms with Crippen LogP contribution in [0.4, 0.5) is 0 Å². The number of nitrogens with one attached hydrogen (secondary N) is 1. The van der Waals surface area contributed by atoms with Crippen molar-refractivity contribution in [1.82, 2.24) is 4.72 Å². The van der Waals surface area contributed by atoms with E-state index in [0.717, 1.165) is 5.56 Å². The first-order valence-electron chi connectivity index (χ1n) is 3.47. The third-order valence-electron chi connectivity index (χ3n) is 1.49. The van der Waals surface area contributed by atoms with Crippen LogP contribution in [0.15, 0.2) is 23.1 Å². The van der Waals surface area contributed by atoms with Crippen molar-refractivity contribution in [3.8, 4) is 0 Å². The summed E-state index contributed by atoms with van der Waals surface area (Å²) in [5.41, 5.74) is 0.881. The third-order valence-corrected chi connectivity index (χ3v) is 2.88. The van der Waals surface area contributed by atoms with Crippen molar-refractivity contribution in [3.63, 3.8) is 0 Å². The maximum atomic E-state index is 11.2. The number of rotatable bonds is 2. The van der Waals surface area contributed by atoms with Gasteiger partial charge in [0.05, 0.1) is 0 Å². The van der Waals surface area contributed by atoms with E-state index in [9.17, 15) is 8.42 Å². The number of hydrogen-bond acceptors (Lipinski definition) is 2. The van der Waals surface area contributed by atoms with Crippen LogP contribution in [0.2, 0.25) is 0 Å². The molecule has 0 fully saturated rings. The van der Waals surface area contributed by atoms with Crippen LogP contribution in [-0.2, 0) is 10.0 Å². The first-order valence-corrected chi connectivity index (χ1v) is 4.96. The molecule has 1 N–H and O–H groups in total. The Balaban J connectivity index is 0.00000144. The molecule has 5 heteroatoms. The first-order chi connectivity index (χ1) is 5.56. The summed E-state index contributed by atoms with van der Waals surface area (Å²) < 4.78 is 24.7. The maximum Gasteiger partial charge on any atom is 1.00 e. The molecular weight excluding hydrogens is 260 g/mol. The van der Waals surface area contributed by atoms with Gasteiger partial charge in [-0.1, -0.05) is 6.92 Å². The van der Waals surface area contributed by atoms with Gasteiger partial charge in [0, 0.05) is 0 Å². The molecule has 0 heterocycles. The fourth-order valence-corrected chi connectivity index (χ4v) is 1.64. The molecule has 0 saturated carbocycles. The van der Waals surface area contributed by atoms with Gasteiger partial charge in [-0.05, 0) is 11.9 Å². The van der Waals surface area contributed by atoms with Crippen LogP contribution < -0.4 is 62.9 Å². The van der Waals surface area contributed by atoms with Crippen LogP contribution in [0.1, 0.15) is 5.56 Å². The summed E-state index contributed by atoms with van der Waals surface area (Å²) in [4.78, 5) is 0.255. The molecular formula is C8H10NO2RbS. The predicted octanol–water partition coefficient (Wildman–Crippen LogP) is -2.29. The molecule has 13 heavy (non-hydrogen) atoms. The van der Waals surface area contributed by atoms with Gasteiger partial charge in [-0.2, -0.15) is 29.8 Å². The van der Waals surface area contributed by atoms with Gasteiger partial charge in [0.1, 0.15) is 0 Å². The maximum absolute atomic E-state index is 11.2. The number of benzene rings is 1. The Labute approximate surface area is 128 Å². The summed E-state index contributed by atoms with van der Waals surface area (Å²) in [6.07, 6.45) is 0. The fraction of sp³-hybridized carbons (Fsp3) is 0.250. The standard InChI is InChI=1S/C8H10NO2S.Rb/c1-7-4-3-5-8(6-7)12(10,11)9-2;/h4-6,9H,1-2H3;/q-1;+1. The van der Waals surface area contributed by atoms with Gasteiger partial charge in [0.25, 0.3) is 0 Å². The van der Waals surface area contributed by atoms with E-state index in [1.165, 1.54) is 13.1 Å². The Morgan fingerprint density at radius 2 is 2.00 bits per heavy atom. The Kier molecular flexibility index (Phi) is 6.14. The monoisotopic (exact) mass is 269 g/mol. The van der Waals surface area contributed by atoms with Gasteiger partial charge in [-0.25, -0.2) is 13.1 Å². The Bertz CT molecular complexity index is 375.